The summed E-state index contributed by atoms with van der Waals surface area (Å²) in [5, 5.41) is 3.91. The number of carbonyl (C=O) groups is 1. The van der Waals surface area contributed by atoms with Gasteiger partial charge in [0, 0.05) is 19.0 Å². The third kappa shape index (κ3) is 4.22. The zero-order chi connectivity index (χ0) is 18.8. The van der Waals surface area contributed by atoms with Crippen LogP contribution in [0, 0.1) is 6.92 Å². The molecule has 1 N–H and O–H groups in total. The summed E-state index contributed by atoms with van der Waals surface area (Å²) < 4.78 is 5.76. The second-order valence-electron chi connectivity index (χ2n) is 7.14. The van der Waals surface area contributed by atoms with Gasteiger partial charge in [0.05, 0.1) is 34.8 Å². The van der Waals surface area contributed by atoms with Gasteiger partial charge < -0.3 is 15.0 Å². The highest BCUT2D eigenvalue weighted by atomic mass is 32.1. The smallest absolute Gasteiger partial charge is 0.267 e. The van der Waals surface area contributed by atoms with Crippen molar-refractivity contribution in [2.24, 2.45) is 0 Å². The molecule has 1 aliphatic heterocycles. The molecular weight excluding hydrogens is 348 g/mol. The van der Waals surface area contributed by atoms with Crippen molar-refractivity contribution < 1.29 is 9.53 Å². The van der Waals surface area contributed by atoms with E-state index in [9.17, 15) is 4.79 Å². The van der Waals surface area contributed by atoms with E-state index < -0.39 is 0 Å². The van der Waals surface area contributed by atoms with Crippen LogP contribution in [0.2, 0.25) is 0 Å². The Bertz CT molecular complexity index is 762. The molecule has 0 aliphatic carbocycles. The Kier molecular flexibility index (Phi) is 5.58. The standard InChI is InChI=1S/C19H26N4O2S/c1-11(2)19-21-14(5)17(26-19)18(24)22-15-6-7-16(20-8-15)23-9-12(3)25-13(4)10-23/h6-8,11-13H,9-10H2,1-5H3,(H,22,24). The van der Waals surface area contributed by atoms with Crippen LogP contribution in [-0.2, 0) is 4.74 Å². The lowest BCUT2D eigenvalue weighted by Crippen LogP contribution is -2.45. The fourth-order valence-electron chi connectivity index (χ4n) is 3.07. The number of hydrogen-bond donors (Lipinski definition) is 1. The molecule has 1 amide bonds. The van der Waals surface area contributed by atoms with Crippen LogP contribution in [0.5, 0.6) is 0 Å². The molecule has 0 bridgehead atoms. The third-order valence-corrected chi connectivity index (χ3v) is 5.72. The zero-order valence-corrected chi connectivity index (χ0v) is 16.8. The van der Waals surface area contributed by atoms with Crippen molar-refractivity contribution in [2.45, 2.75) is 52.7 Å². The van der Waals surface area contributed by atoms with E-state index in [1.165, 1.54) is 11.3 Å². The number of hydrogen-bond acceptors (Lipinski definition) is 6. The van der Waals surface area contributed by atoms with Gasteiger partial charge in [0.25, 0.3) is 5.91 Å². The minimum absolute atomic E-state index is 0.130. The van der Waals surface area contributed by atoms with Crippen LogP contribution < -0.4 is 10.2 Å². The number of anilines is 2. The number of ether oxygens (including phenoxy) is 1. The number of nitrogens with one attached hydrogen (secondary N) is 1. The lowest BCUT2D eigenvalue weighted by Gasteiger charge is -2.36. The van der Waals surface area contributed by atoms with E-state index in [4.69, 9.17) is 4.74 Å². The molecule has 2 aromatic heterocycles. The van der Waals surface area contributed by atoms with E-state index in [1.807, 2.05) is 19.1 Å². The van der Waals surface area contributed by atoms with Gasteiger partial charge in [0.2, 0.25) is 0 Å². The first-order chi connectivity index (χ1) is 12.3. The first-order valence-corrected chi connectivity index (χ1v) is 9.80. The molecule has 2 atom stereocenters. The fraction of sp³-hybridized carbons (Fsp3) is 0.526. The Hall–Kier alpha value is -1.99. The number of aromatic nitrogens is 2. The van der Waals surface area contributed by atoms with Crippen molar-refractivity contribution >= 4 is 28.7 Å². The van der Waals surface area contributed by atoms with E-state index in [-0.39, 0.29) is 18.1 Å². The summed E-state index contributed by atoms with van der Waals surface area (Å²) >= 11 is 1.46. The van der Waals surface area contributed by atoms with Crippen molar-refractivity contribution in [2.75, 3.05) is 23.3 Å². The molecule has 0 spiro atoms. The summed E-state index contributed by atoms with van der Waals surface area (Å²) in [6.07, 6.45) is 2.08. The molecule has 6 nitrogen and oxygen atoms in total. The quantitative estimate of drug-likeness (QED) is 0.881. The van der Waals surface area contributed by atoms with Gasteiger partial charge in [-0.25, -0.2) is 9.97 Å². The van der Waals surface area contributed by atoms with Crippen molar-refractivity contribution in [1.29, 1.82) is 0 Å². The Morgan fingerprint density at radius 3 is 2.54 bits per heavy atom. The van der Waals surface area contributed by atoms with Crippen LogP contribution in [0.4, 0.5) is 11.5 Å². The highest BCUT2D eigenvalue weighted by Gasteiger charge is 2.23. The number of amides is 1. The second-order valence-corrected chi connectivity index (χ2v) is 8.17. The maximum atomic E-state index is 12.5. The molecule has 140 valence electrons. The van der Waals surface area contributed by atoms with Crippen LogP contribution >= 0.6 is 11.3 Å². The highest BCUT2D eigenvalue weighted by molar-refractivity contribution is 7.14. The fourth-order valence-corrected chi connectivity index (χ4v) is 4.04. The molecule has 1 aliphatic rings. The Labute approximate surface area is 158 Å². The van der Waals surface area contributed by atoms with Crippen molar-refractivity contribution in [1.82, 2.24) is 9.97 Å². The van der Waals surface area contributed by atoms with E-state index in [0.717, 1.165) is 29.6 Å². The first-order valence-electron chi connectivity index (χ1n) is 8.98. The Morgan fingerprint density at radius 2 is 2.00 bits per heavy atom. The molecule has 2 aromatic rings. The number of morpholine rings is 1. The second kappa shape index (κ2) is 7.72. The Balaban J connectivity index is 1.68. The molecule has 2 unspecified atom stereocenters. The number of pyridine rings is 1. The summed E-state index contributed by atoms with van der Waals surface area (Å²) in [5.41, 5.74) is 1.46. The predicted octanol–water partition coefficient (Wildman–Crippen LogP) is 3.84. The largest absolute Gasteiger partial charge is 0.372 e. The lowest BCUT2D eigenvalue weighted by molar-refractivity contribution is -0.00545. The lowest BCUT2D eigenvalue weighted by atomic mass is 10.2. The predicted molar refractivity (Wildman–Crippen MR) is 105 cm³/mol. The SMILES string of the molecule is Cc1nc(C(C)C)sc1C(=O)Nc1ccc(N2CC(C)OC(C)C2)nc1. The molecule has 3 rings (SSSR count). The molecule has 0 radical (unpaired) electrons. The van der Waals surface area contributed by atoms with Gasteiger partial charge in [-0.15, -0.1) is 11.3 Å². The summed E-state index contributed by atoms with van der Waals surface area (Å²) in [6.45, 7) is 11.8. The molecule has 0 saturated carbocycles. The average molecular weight is 375 g/mol. The van der Waals surface area contributed by atoms with E-state index in [1.54, 1.807) is 6.20 Å². The normalized spacial score (nSPS) is 20.5. The maximum absolute atomic E-state index is 12.5. The van der Waals surface area contributed by atoms with Crippen LogP contribution in [0.15, 0.2) is 18.3 Å². The highest BCUT2D eigenvalue weighted by Crippen LogP contribution is 2.26. The molecule has 1 saturated heterocycles. The topological polar surface area (TPSA) is 67.4 Å². The zero-order valence-electron chi connectivity index (χ0n) is 15.9. The van der Waals surface area contributed by atoms with Gasteiger partial charge in [0.15, 0.2) is 0 Å². The summed E-state index contributed by atoms with van der Waals surface area (Å²) in [6, 6.07) is 3.84. The van der Waals surface area contributed by atoms with Crippen LogP contribution in [0.3, 0.4) is 0 Å². The Morgan fingerprint density at radius 1 is 1.31 bits per heavy atom. The molecule has 1 fully saturated rings. The van der Waals surface area contributed by atoms with Crippen LogP contribution in [0.25, 0.3) is 0 Å². The van der Waals surface area contributed by atoms with Crippen LogP contribution in [-0.4, -0.2) is 41.2 Å². The summed E-state index contributed by atoms with van der Waals surface area (Å²) in [7, 11) is 0. The van der Waals surface area contributed by atoms with Gasteiger partial charge in [-0.2, -0.15) is 0 Å². The van der Waals surface area contributed by atoms with E-state index in [0.29, 0.717) is 16.5 Å². The summed E-state index contributed by atoms with van der Waals surface area (Å²) in [5.74, 6) is 1.09. The minimum atomic E-state index is -0.130. The average Bonchev–Trinajstić information content (AvgIpc) is 2.97. The molecule has 26 heavy (non-hydrogen) atoms. The summed E-state index contributed by atoms with van der Waals surface area (Å²) in [4.78, 5) is 24.4. The number of carbonyl (C=O) groups excluding carboxylic acids is 1. The monoisotopic (exact) mass is 374 g/mol. The van der Waals surface area contributed by atoms with Gasteiger partial charge in [-0.05, 0) is 32.9 Å². The number of thiazole rings is 1. The number of rotatable bonds is 4. The van der Waals surface area contributed by atoms with E-state index in [2.05, 4.69) is 47.9 Å². The van der Waals surface area contributed by atoms with Gasteiger partial charge in [-0.1, -0.05) is 13.8 Å². The van der Waals surface area contributed by atoms with Crippen molar-refractivity contribution in [3.05, 3.63) is 33.9 Å². The minimum Gasteiger partial charge on any atom is -0.372 e. The van der Waals surface area contributed by atoms with Gasteiger partial charge in [0.1, 0.15) is 10.7 Å². The number of aryl methyl sites for hydroxylation is 1. The van der Waals surface area contributed by atoms with Gasteiger partial charge in [-0.3, -0.25) is 4.79 Å². The first kappa shape index (κ1) is 18.8. The van der Waals surface area contributed by atoms with Crippen molar-refractivity contribution in [3.63, 3.8) is 0 Å². The third-order valence-electron chi connectivity index (χ3n) is 4.26. The molecule has 7 heteroatoms. The molecule has 3 heterocycles. The maximum Gasteiger partial charge on any atom is 0.267 e. The molecule has 0 aromatic carbocycles. The van der Waals surface area contributed by atoms with E-state index >= 15 is 0 Å². The van der Waals surface area contributed by atoms with Crippen LogP contribution in [0.1, 0.15) is 54.0 Å². The number of nitrogens with zero attached hydrogens (tertiary/aromatic N) is 3. The van der Waals surface area contributed by atoms with Crippen molar-refractivity contribution in [3.8, 4) is 0 Å². The molecular formula is C19H26N4O2S. The van der Waals surface area contributed by atoms with Gasteiger partial charge >= 0.3 is 0 Å².